The van der Waals surface area contributed by atoms with Gasteiger partial charge < -0.3 is 25.3 Å². The Labute approximate surface area is 202 Å². The third-order valence-corrected chi connectivity index (χ3v) is 8.12. The Bertz CT molecular complexity index is 912. The van der Waals surface area contributed by atoms with Crippen LogP contribution in [0.15, 0.2) is 24.3 Å². The van der Waals surface area contributed by atoms with E-state index in [2.05, 4.69) is 15.5 Å². The highest BCUT2D eigenvalue weighted by molar-refractivity contribution is 5.78. The molecule has 2 N–H and O–H groups in total. The highest BCUT2D eigenvalue weighted by Gasteiger charge is 2.45. The first-order chi connectivity index (χ1) is 16.5. The van der Waals surface area contributed by atoms with Gasteiger partial charge in [-0.25, -0.2) is 9.59 Å². The van der Waals surface area contributed by atoms with Crippen LogP contribution in [-0.4, -0.2) is 77.5 Å². The summed E-state index contributed by atoms with van der Waals surface area (Å²) in [4.78, 5) is 44.1. The molecule has 8 heteroatoms. The lowest BCUT2D eigenvalue weighted by atomic mass is 9.76. The van der Waals surface area contributed by atoms with Gasteiger partial charge in [-0.1, -0.05) is 29.8 Å². The molecule has 4 aliphatic heterocycles. The predicted octanol–water partition coefficient (Wildman–Crippen LogP) is 2.71. The smallest absolute Gasteiger partial charge is 0.320 e. The molecular weight excluding hydrogens is 430 g/mol. The van der Waals surface area contributed by atoms with Gasteiger partial charge in [0, 0.05) is 57.8 Å². The van der Waals surface area contributed by atoms with Gasteiger partial charge in [0.2, 0.25) is 5.91 Å². The summed E-state index contributed by atoms with van der Waals surface area (Å²) < 4.78 is 0. The van der Waals surface area contributed by atoms with Gasteiger partial charge in [-0.05, 0) is 56.4 Å². The zero-order valence-electron chi connectivity index (χ0n) is 20.2. The summed E-state index contributed by atoms with van der Waals surface area (Å²) in [6.45, 7) is 6.22. The van der Waals surface area contributed by atoms with Gasteiger partial charge in [0.25, 0.3) is 0 Å². The van der Waals surface area contributed by atoms with E-state index >= 15 is 0 Å². The Morgan fingerprint density at radius 3 is 2.53 bits per heavy atom. The Morgan fingerprint density at radius 2 is 1.76 bits per heavy atom. The lowest BCUT2D eigenvalue weighted by molar-refractivity contribution is -0.144. The van der Waals surface area contributed by atoms with Crippen molar-refractivity contribution in [2.24, 2.45) is 11.8 Å². The van der Waals surface area contributed by atoms with E-state index in [1.54, 1.807) is 0 Å². The number of piperidine rings is 4. The molecule has 8 nitrogen and oxygen atoms in total. The van der Waals surface area contributed by atoms with Gasteiger partial charge in [-0.15, -0.1) is 0 Å². The molecular formula is C26H37N5O3. The van der Waals surface area contributed by atoms with Gasteiger partial charge >= 0.3 is 12.1 Å². The second kappa shape index (κ2) is 9.84. The van der Waals surface area contributed by atoms with Crippen LogP contribution in [0, 0.1) is 18.8 Å². The quantitative estimate of drug-likeness (QED) is 0.717. The van der Waals surface area contributed by atoms with Gasteiger partial charge in [0.05, 0.1) is 0 Å². The number of urea groups is 2. The minimum atomic E-state index is -0.152. The molecule has 34 heavy (non-hydrogen) atoms. The van der Waals surface area contributed by atoms with E-state index in [1.165, 1.54) is 5.56 Å². The van der Waals surface area contributed by atoms with E-state index in [9.17, 15) is 14.4 Å². The van der Waals surface area contributed by atoms with Crippen LogP contribution >= 0.6 is 0 Å². The monoisotopic (exact) mass is 467 g/mol. The Morgan fingerprint density at radius 1 is 1.00 bits per heavy atom. The van der Waals surface area contributed by atoms with Gasteiger partial charge in [-0.2, -0.15) is 0 Å². The largest absolute Gasteiger partial charge is 0.339 e. The van der Waals surface area contributed by atoms with Crippen LogP contribution in [0.2, 0.25) is 0 Å². The minimum Gasteiger partial charge on any atom is -0.339 e. The highest BCUT2D eigenvalue weighted by atomic mass is 16.2. The molecule has 4 saturated heterocycles. The second-order valence-electron chi connectivity index (χ2n) is 10.6. The third kappa shape index (κ3) is 5.00. The number of nitrogens with one attached hydrogen (secondary N) is 2. The van der Waals surface area contributed by atoms with Crippen LogP contribution in [0.5, 0.6) is 0 Å². The average Bonchev–Trinajstić information content (AvgIpc) is 2.84. The van der Waals surface area contributed by atoms with Crippen LogP contribution in [0.3, 0.4) is 0 Å². The SMILES string of the molecule is Cc1ccc(CNC(=O)NC2CCN(C(=O)N3CC4CC(C3)[C@H]3CCCC(=O)N3C4)CC2)cc1. The van der Waals surface area contributed by atoms with Crippen LogP contribution in [0.25, 0.3) is 0 Å². The first-order valence-corrected chi connectivity index (χ1v) is 12.9. The van der Waals surface area contributed by atoms with Crippen LogP contribution in [0.1, 0.15) is 49.7 Å². The number of fused-ring (bicyclic) bond motifs is 4. The fourth-order valence-electron chi connectivity index (χ4n) is 6.31. The van der Waals surface area contributed by atoms with Crippen molar-refractivity contribution in [2.75, 3.05) is 32.7 Å². The first kappa shape index (κ1) is 23.0. The number of aryl methyl sites for hydroxylation is 1. The zero-order chi connectivity index (χ0) is 23.7. The maximum absolute atomic E-state index is 13.3. The van der Waals surface area contributed by atoms with Crippen molar-refractivity contribution in [3.05, 3.63) is 35.4 Å². The highest BCUT2D eigenvalue weighted by Crippen LogP contribution is 2.38. The molecule has 4 aliphatic rings. The molecule has 4 fully saturated rings. The van der Waals surface area contributed by atoms with Crippen molar-refractivity contribution in [1.29, 1.82) is 0 Å². The molecule has 5 amide bonds. The number of benzene rings is 1. The maximum Gasteiger partial charge on any atom is 0.320 e. The number of hydrogen-bond acceptors (Lipinski definition) is 3. The summed E-state index contributed by atoms with van der Waals surface area (Å²) in [7, 11) is 0. The molecule has 3 atom stereocenters. The molecule has 0 radical (unpaired) electrons. The lowest BCUT2D eigenvalue weighted by Gasteiger charge is -2.53. The average molecular weight is 468 g/mol. The molecule has 2 unspecified atom stereocenters. The van der Waals surface area contributed by atoms with Crippen molar-refractivity contribution in [3.63, 3.8) is 0 Å². The van der Waals surface area contributed by atoms with E-state index in [4.69, 9.17) is 0 Å². The standard InChI is InChI=1S/C26H37N5O3/c1-18-5-7-19(8-6-18)14-27-25(33)28-22-9-11-29(12-10-22)26(34)30-15-20-13-21(17-30)23-3-2-4-24(32)31(23)16-20/h5-8,20-23H,2-4,9-17H2,1H3,(H2,27,28,33)/t20?,21?,23-/m1/s1. The molecule has 0 aliphatic carbocycles. The van der Waals surface area contributed by atoms with Crippen molar-refractivity contribution in [1.82, 2.24) is 25.3 Å². The molecule has 184 valence electrons. The first-order valence-electron chi connectivity index (χ1n) is 12.9. The minimum absolute atomic E-state index is 0.0876. The van der Waals surface area contributed by atoms with Crippen molar-refractivity contribution in [2.45, 2.75) is 64.1 Å². The van der Waals surface area contributed by atoms with E-state index < -0.39 is 0 Å². The summed E-state index contributed by atoms with van der Waals surface area (Å²) in [5, 5.41) is 6.00. The van der Waals surface area contributed by atoms with E-state index in [0.29, 0.717) is 49.8 Å². The number of carbonyl (C=O) groups is 3. The summed E-state index contributed by atoms with van der Waals surface area (Å²) in [5.41, 5.74) is 2.28. The third-order valence-electron chi connectivity index (χ3n) is 8.12. The molecule has 2 bridgehead atoms. The maximum atomic E-state index is 13.3. The molecule has 4 heterocycles. The molecule has 1 aromatic carbocycles. The number of hydrogen-bond donors (Lipinski definition) is 2. The molecule has 0 spiro atoms. The normalized spacial score (nSPS) is 27.3. The number of nitrogens with zero attached hydrogens (tertiary/aromatic N) is 3. The number of amides is 5. The van der Waals surface area contributed by atoms with Gasteiger partial charge in [0.1, 0.15) is 0 Å². The van der Waals surface area contributed by atoms with Crippen molar-refractivity contribution >= 4 is 18.0 Å². The predicted molar refractivity (Wildman–Crippen MR) is 129 cm³/mol. The Balaban J connectivity index is 1.07. The molecule has 0 saturated carbocycles. The number of rotatable bonds is 3. The van der Waals surface area contributed by atoms with E-state index in [1.807, 2.05) is 41.0 Å². The fraction of sp³-hybridized carbons (Fsp3) is 0.654. The summed E-state index contributed by atoms with van der Waals surface area (Å²) in [6, 6.07) is 8.53. The summed E-state index contributed by atoms with van der Waals surface area (Å²) in [6.07, 6.45) is 5.43. The van der Waals surface area contributed by atoms with Gasteiger partial charge in [-0.3, -0.25) is 4.79 Å². The lowest BCUT2D eigenvalue weighted by Crippen LogP contribution is -2.62. The van der Waals surface area contributed by atoms with Crippen LogP contribution in [0.4, 0.5) is 9.59 Å². The Kier molecular flexibility index (Phi) is 6.66. The van der Waals surface area contributed by atoms with Crippen molar-refractivity contribution in [3.8, 4) is 0 Å². The molecule has 1 aromatic rings. The summed E-state index contributed by atoms with van der Waals surface area (Å²) in [5.74, 6) is 1.12. The van der Waals surface area contributed by atoms with Crippen LogP contribution < -0.4 is 10.6 Å². The van der Waals surface area contributed by atoms with Crippen LogP contribution in [-0.2, 0) is 11.3 Å². The zero-order valence-corrected chi connectivity index (χ0v) is 20.2. The van der Waals surface area contributed by atoms with Crippen molar-refractivity contribution < 1.29 is 14.4 Å². The Hall–Kier alpha value is -2.77. The van der Waals surface area contributed by atoms with E-state index in [-0.39, 0.29) is 18.1 Å². The van der Waals surface area contributed by atoms with E-state index in [0.717, 1.165) is 57.3 Å². The molecule has 5 rings (SSSR count). The summed E-state index contributed by atoms with van der Waals surface area (Å²) >= 11 is 0. The topological polar surface area (TPSA) is 85.0 Å². The number of carbonyl (C=O) groups excluding carboxylic acids is 3. The fourth-order valence-corrected chi connectivity index (χ4v) is 6.31. The van der Waals surface area contributed by atoms with Gasteiger partial charge in [0.15, 0.2) is 0 Å². The number of likely N-dealkylation sites (tertiary alicyclic amines) is 2. The molecule has 0 aromatic heterocycles. The second-order valence-corrected chi connectivity index (χ2v) is 10.6.